The molecule has 0 rings (SSSR count). The summed E-state index contributed by atoms with van der Waals surface area (Å²) >= 11 is 0. The molecule has 0 aliphatic rings. The van der Waals surface area contributed by atoms with Gasteiger partial charge >= 0.3 is 0 Å². The second-order valence-electron chi connectivity index (χ2n) is 2.77. The lowest BCUT2D eigenvalue weighted by Gasteiger charge is -2.09. The molecular formula is C9H24N+. The van der Waals surface area contributed by atoms with Gasteiger partial charge in [-0.2, -0.15) is 0 Å². The minimum atomic E-state index is 0. The fraction of sp³-hybridized carbons (Fsp3) is 1.00. The second kappa shape index (κ2) is 8.96. The molecule has 0 spiro atoms. The van der Waals surface area contributed by atoms with Gasteiger partial charge in [0, 0.05) is 0 Å². The van der Waals surface area contributed by atoms with Crippen LogP contribution in [0.25, 0.3) is 0 Å². The highest BCUT2D eigenvalue weighted by Gasteiger charge is 1.94. The van der Waals surface area contributed by atoms with Crippen LogP contribution in [0.4, 0.5) is 0 Å². The van der Waals surface area contributed by atoms with Crippen LogP contribution >= 0.6 is 0 Å². The summed E-state index contributed by atoms with van der Waals surface area (Å²) in [4.78, 5) is 1.66. The second-order valence-corrected chi connectivity index (χ2v) is 2.77. The molecule has 0 aromatic carbocycles. The number of hydrogen-bond acceptors (Lipinski definition) is 0. The molecule has 1 nitrogen and oxygen atoms in total. The summed E-state index contributed by atoms with van der Waals surface area (Å²) in [7, 11) is 2.26. The minimum Gasteiger partial charge on any atom is -0.338 e. The van der Waals surface area contributed by atoms with Crippen LogP contribution in [0.5, 0.6) is 0 Å². The number of unbranched alkanes of at least 4 members (excludes halogenated alkanes) is 2. The SMILES string of the molecule is C.CCCCC[NH+](C)CC. The van der Waals surface area contributed by atoms with Gasteiger partial charge in [-0.05, 0) is 19.8 Å². The third-order valence-corrected chi connectivity index (χ3v) is 1.81. The van der Waals surface area contributed by atoms with Gasteiger partial charge in [-0.15, -0.1) is 0 Å². The average molecular weight is 146 g/mol. The molecule has 64 valence electrons. The minimum absolute atomic E-state index is 0. The van der Waals surface area contributed by atoms with Gasteiger partial charge in [-0.25, -0.2) is 0 Å². The third-order valence-electron chi connectivity index (χ3n) is 1.81. The molecule has 0 amide bonds. The van der Waals surface area contributed by atoms with E-state index in [1.54, 1.807) is 4.90 Å². The van der Waals surface area contributed by atoms with E-state index in [-0.39, 0.29) is 7.43 Å². The Morgan fingerprint density at radius 1 is 1.10 bits per heavy atom. The van der Waals surface area contributed by atoms with Crippen LogP contribution in [-0.2, 0) is 0 Å². The van der Waals surface area contributed by atoms with Crippen LogP contribution in [0.3, 0.4) is 0 Å². The first-order valence-electron chi connectivity index (χ1n) is 4.12. The lowest BCUT2D eigenvalue weighted by Crippen LogP contribution is -3.08. The van der Waals surface area contributed by atoms with Crippen molar-refractivity contribution in [1.29, 1.82) is 0 Å². The van der Waals surface area contributed by atoms with Crippen molar-refractivity contribution < 1.29 is 4.90 Å². The van der Waals surface area contributed by atoms with E-state index in [1.807, 2.05) is 0 Å². The zero-order valence-electron chi connectivity index (χ0n) is 7.04. The third kappa shape index (κ3) is 7.96. The molecule has 0 aliphatic carbocycles. The first-order chi connectivity index (χ1) is 4.31. The maximum Gasteiger partial charge on any atom is 0.0768 e. The Morgan fingerprint density at radius 2 is 1.70 bits per heavy atom. The van der Waals surface area contributed by atoms with E-state index in [0.29, 0.717) is 0 Å². The Balaban J connectivity index is 0. The normalized spacial score (nSPS) is 12.3. The van der Waals surface area contributed by atoms with E-state index >= 15 is 0 Å². The van der Waals surface area contributed by atoms with Crippen molar-refractivity contribution in [2.24, 2.45) is 0 Å². The lowest BCUT2D eigenvalue weighted by atomic mass is 10.2. The Hall–Kier alpha value is -0.0400. The molecule has 1 heteroatoms. The molecule has 0 saturated carbocycles. The summed E-state index contributed by atoms with van der Waals surface area (Å²) in [5.74, 6) is 0. The molecule has 0 bridgehead atoms. The summed E-state index contributed by atoms with van der Waals surface area (Å²) in [6.45, 7) is 7.11. The Bertz CT molecular complexity index is 52.7. The number of quaternary nitrogens is 1. The van der Waals surface area contributed by atoms with E-state index in [9.17, 15) is 0 Å². The van der Waals surface area contributed by atoms with Crippen LogP contribution in [0.2, 0.25) is 0 Å². The molecule has 0 aromatic rings. The van der Waals surface area contributed by atoms with Crippen molar-refractivity contribution in [3.05, 3.63) is 0 Å². The van der Waals surface area contributed by atoms with Crippen LogP contribution in [0, 0.1) is 0 Å². The van der Waals surface area contributed by atoms with Gasteiger partial charge in [0.05, 0.1) is 20.1 Å². The topological polar surface area (TPSA) is 4.44 Å². The average Bonchev–Trinajstić information content (AvgIpc) is 1.89. The van der Waals surface area contributed by atoms with Crippen LogP contribution in [0.15, 0.2) is 0 Å². The molecule has 0 aliphatic heterocycles. The highest BCUT2D eigenvalue weighted by atomic mass is 15.1. The van der Waals surface area contributed by atoms with Crippen molar-refractivity contribution in [2.45, 2.75) is 40.5 Å². The van der Waals surface area contributed by atoms with Gasteiger partial charge in [-0.1, -0.05) is 20.8 Å². The molecule has 0 fully saturated rings. The highest BCUT2D eigenvalue weighted by molar-refractivity contribution is 4.32. The largest absolute Gasteiger partial charge is 0.338 e. The Morgan fingerprint density at radius 3 is 2.10 bits per heavy atom. The fourth-order valence-electron chi connectivity index (χ4n) is 0.854. The predicted octanol–water partition coefficient (Wildman–Crippen LogP) is 1.35. The van der Waals surface area contributed by atoms with Crippen molar-refractivity contribution in [3.8, 4) is 0 Å². The van der Waals surface area contributed by atoms with Gasteiger partial charge in [0.1, 0.15) is 0 Å². The zero-order chi connectivity index (χ0) is 7.11. The van der Waals surface area contributed by atoms with E-state index in [4.69, 9.17) is 0 Å². The Labute approximate surface area is 66.4 Å². The summed E-state index contributed by atoms with van der Waals surface area (Å²) in [5, 5.41) is 0. The van der Waals surface area contributed by atoms with Crippen molar-refractivity contribution >= 4 is 0 Å². The molecule has 1 atom stereocenters. The van der Waals surface area contributed by atoms with Crippen LogP contribution in [-0.4, -0.2) is 20.1 Å². The van der Waals surface area contributed by atoms with E-state index in [1.165, 1.54) is 32.4 Å². The quantitative estimate of drug-likeness (QED) is 0.558. The number of hydrogen-bond donors (Lipinski definition) is 1. The van der Waals surface area contributed by atoms with Crippen molar-refractivity contribution in [3.63, 3.8) is 0 Å². The standard InChI is InChI=1S/C8H19N.CH4/c1-4-6-7-8-9(3)5-2;/h4-8H2,1-3H3;1H4/p+1. The van der Waals surface area contributed by atoms with Crippen molar-refractivity contribution in [1.82, 2.24) is 0 Å². The van der Waals surface area contributed by atoms with E-state index in [2.05, 4.69) is 20.9 Å². The van der Waals surface area contributed by atoms with Crippen molar-refractivity contribution in [2.75, 3.05) is 20.1 Å². The lowest BCUT2D eigenvalue weighted by molar-refractivity contribution is -0.877. The summed E-state index contributed by atoms with van der Waals surface area (Å²) in [6.07, 6.45) is 4.14. The summed E-state index contributed by atoms with van der Waals surface area (Å²) in [5.41, 5.74) is 0. The van der Waals surface area contributed by atoms with Gasteiger partial charge in [0.25, 0.3) is 0 Å². The first-order valence-corrected chi connectivity index (χ1v) is 4.12. The molecule has 1 unspecified atom stereocenters. The molecule has 1 N–H and O–H groups in total. The molecule has 10 heavy (non-hydrogen) atoms. The zero-order valence-corrected chi connectivity index (χ0v) is 7.04. The summed E-state index contributed by atoms with van der Waals surface area (Å²) in [6, 6.07) is 0. The molecule has 0 saturated heterocycles. The predicted molar refractivity (Wildman–Crippen MR) is 48.6 cm³/mol. The maximum atomic E-state index is 2.26. The van der Waals surface area contributed by atoms with Gasteiger partial charge in [0.2, 0.25) is 0 Å². The van der Waals surface area contributed by atoms with E-state index < -0.39 is 0 Å². The molecular weight excluding hydrogens is 122 g/mol. The first kappa shape index (κ1) is 12.6. The van der Waals surface area contributed by atoms with Gasteiger partial charge in [-0.3, -0.25) is 0 Å². The molecule has 0 heterocycles. The molecule has 0 radical (unpaired) electrons. The van der Waals surface area contributed by atoms with Crippen LogP contribution < -0.4 is 4.90 Å². The summed E-state index contributed by atoms with van der Waals surface area (Å²) < 4.78 is 0. The smallest absolute Gasteiger partial charge is 0.0768 e. The highest BCUT2D eigenvalue weighted by Crippen LogP contribution is 1.88. The van der Waals surface area contributed by atoms with Gasteiger partial charge in [0.15, 0.2) is 0 Å². The number of rotatable bonds is 5. The van der Waals surface area contributed by atoms with Crippen LogP contribution in [0.1, 0.15) is 40.5 Å². The monoisotopic (exact) mass is 146 g/mol. The molecule has 0 aromatic heterocycles. The Kier molecular flexibility index (Phi) is 11.3. The van der Waals surface area contributed by atoms with E-state index in [0.717, 1.165) is 0 Å². The fourth-order valence-corrected chi connectivity index (χ4v) is 0.854. The number of nitrogens with one attached hydrogen (secondary N) is 1. The van der Waals surface area contributed by atoms with Gasteiger partial charge < -0.3 is 4.90 Å². The maximum absolute atomic E-state index is 2.26.